The summed E-state index contributed by atoms with van der Waals surface area (Å²) in [5, 5.41) is 0. The van der Waals surface area contributed by atoms with Crippen molar-refractivity contribution < 1.29 is 0 Å². The van der Waals surface area contributed by atoms with Crippen LogP contribution in [0.5, 0.6) is 0 Å². The van der Waals surface area contributed by atoms with Crippen LogP contribution in [0.4, 0.5) is 0 Å². The molecule has 0 saturated carbocycles. The van der Waals surface area contributed by atoms with Crippen molar-refractivity contribution >= 4 is 11.3 Å². The van der Waals surface area contributed by atoms with Gasteiger partial charge in [0, 0.05) is 16.3 Å². The highest BCUT2D eigenvalue weighted by molar-refractivity contribution is 7.15. The van der Waals surface area contributed by atoms with Gasteiger partial charge in [-0.15, -0.1) is 11.3 Å². The number of benzene rings is 1. The highest BCUT2D eigenvalue weighted by Crippen LogP contribution is 2.33. The Morgan fingerprint density at radius 2 is 1.75 bits per heavy atom. The molecule has 2 N–H and O–H groups in total. The second-order valence-electron chi connectivity index (χ2n) is 4.23. The van der Waals surface area contributed by atoms with Crippen molar-refractivity contribution in [3.8, 4) is 10.4 Å². The van der Waals surface area contributed by atoms with Gasteiger partial charge in [0.2, 0.25) is 0 Å². The molecule has 1 aromatic carbocycles. The van der Waals surface area contributed by atoms with Crippen molar-refractivity contribution in [2.45, 2.75) is 27.3 Å². The summed E-state index contributed by atoms with van der Waals surface area (Å²) in [5.41, 5.74) is 11.0. The first-order valence-corrected chi connectivity index (χ1v) is 6.30. The number of hydrogen-bond acceptors (Lipinski definition) is 2. The predicted molar refractivity (Wildman–Crippen MR) is 71.9 cm³/mol. The third-order valence-electron chi connectivity index (χ3n) is 2.94. The van der Waals surface area contributed by atoms with E-state index in [1.165, 1.54) is 32.0 Å². The molecule has 0 fully saturated rings. The monoisotopic (exact) mass is 231 g/mol. The van der Waals surface area contributed by atoms with Gasteiger partial charge in [-0.25, -0.2) is 0 Å². The smallest absolute Gasteiger partial charge is 0.0375 e. The summed E-state index contributed by atoms with van der Waals surface area (Å²) in [4.78, 5) is 2.61. The number of aryl methyl sites for hydroxylation is 3. The van der Waals surface area contributed by atoms with Gasteiger partial charge in [0.1, 0.15) is 0 Å². The largest absolute Gasteiger partial charge is 0.326 e. The normalized spacial score (nSPS) is 10.8. The molecule has 0 radical (unpaired) electrons. The summed E-state index contributed by atoms with van der Waals surface area (Å²) in [6.45, 7) is 7.09. The van der Waals surface area contributed by atoms with Gasteiger partial charge in [-0.2, -0.15) is 0 Å². The van der Waals surface area contributed by atoms with Crippen molar-refractivity contribution in [3.63, 3.8) is 0 Å². The van der Waals surface area contributed by atoms with E-state index in [2.05, 4.69) is 45.0 Å². The average molecular weight is 231 g/mol. The van der Waals surface area contributed by atoms with Crippen LogP contribution in [0, 0.1) is 20.8 Å². The van der Waals surface area contributed by atoms with Gasteiger partial charge in [-0.05, 0) is 49.1 Å². The number of thiophene rings is 1. The molecule has 1 aromatic heterocycles. The van der Waals surface area contributed by atoms with Gasteiger partial charge in [-0.1, -0.05) is 18.2 Å². The lowest BCUT2D eigenvalue weighted by atomic mass is 10.0. The number of nitrogens with two attached hydrogens (primary N) is 1. The molecule has 84 valence electrons. The van der Waals surface area contributed by atoms with Crippen LogP contribution in [-0.4, -0.2) is 0 Å². The van der Waals surface area contributed by atoms with Crippen LogP contribution in [-0.2, 0) is 6.54 Å². The molecule has 0 bridgehead atoms. The van der Waals surface area contributed by atoms with Gasteiger partial charge in [0.15, 0.2) is 0 Å². The fraction of sp³-hybridized carbons (Fsp3) is 0.286. The third kappa shape index (κ3) is 2.04. The zero-order valence-corrected chi connectivity index (χ0v) is 10.8. The van der Waals surface area contributed by atoms with Crippen molar-refractivity contribution in [1.82, 2.24) is 0 Å². The van der Waals surface area contributed by atoms with Crippen LogP contribution in [0.25, 0.3) is 10.4 Å². The molecule has 0 aliphatic carbocycles. The fourth-order valence-corrected chi connectivity index (χ4v) is 2.86. The molecule has 0 saturated heterocycles. The van der Waals surface area contributed by atoms with Gasteiger partial charge < -0.3 is 5.73 Å². The second kappa shape index (κ2) is 4.40. The molecule has 1 heterocycles. The molecule has 0 spiro atoms. The minimum absolute atomic E-state index is 0.635. The Kier molecular flexibility index (Phi) is 3.13. The van der Waals surface area contributed by atoms with Crippen molar-refractivity contribution in [2.75, 3.05) is 0 Å². The topological polar surface area (TPSA) is 26.0 Å². The molecular weight excluding hydrogens is 214 g/mol. The molecule has 0 aliphatic rings. The Labute approximate surface area is 101 Å². The van der Waals surface area contributed by atoms with Crippen molar-refractivity contribution in [2.24, 2.45) is 5.73 Å². The summed E-state index contributed by atoms with van der Waals surface area (Å²) in [6.07, 6.45) is 0. The van der Waals surface area contributed by atoms with E-state index in [1.54, 1.807) is 11.3 Å². The van der Waals surface area contributed by atoms with Gasteiger partial charge in [0.05, 0.1) is 0 Å². The van der Waals surface area contributed by atoms with Crippen LogP contribution in [0.2, 0.25) is 0 Å². The standard InChI is InChI=1S/C14H17NS/c1-9-4-5-12(6-10(9)2)14-11(3)7-13(8-15)16-14/h4-7H,8,15H2,1-3H3. The Morgan fingerprint density at radius 3 is 2.31 bits per heavy atom. The number of hydrogen-bond donors (Lipinski definition) is 1. The van der Waals surface area contributed by atoms with E-state index in [9.17, 15) is 0 Å². The van der Waals surface area contributed by atoms with Crippen molar-refractivity contribution in [3.05, 3.63) is 45.8 Å². The first-order valence-electron chi connectivity index (χ1n) is 5.49. The summed E-state index contributed by atoms with van der Waals surface area (Å²) in [6, 6.07) is 8.83. The maximum absolute atomic E-state index is 5.67. The van der Waals surface area contributed by atoms with E-state index < -0.39 is 0 Å². The van der Waals surface area contributed by atoms with Crippen LogP contribution in [0.1, 0.15) is 21.6 Å². The lowest BCUT2D eigenvalue weighted by molar-refractivity contribution is 1.10. The van der Waals surface area contributed by atoms with Crippen molar-refractivity contribution in [1.29, 1.82) is 0 Å². The molecule has 0 amide bonds. The summed E-state index contributed by atoms with van der Waals surface area (Å²) < 4.78 is 0. The Morgan fingerprint density at radius 1 is 1.00 bits per heavy atom. The zero-order valence-electron chi connectivity index (χ0n) is 10.0. The van der Waals surface area contributed by atoms with E-state index >= 15 is 0 Å². The molecular formula is C14H17NS. The Balaban J connectivity index is 2.49. The van der Waals surface area contributed by atoms with Crippen LogP contribution in [0.3, 0.4) is 0 Å². The molecule has 0 atom stereocenters. The van der Waals surface area contributed by atoms with E-state index in [4.69, 9.17) is 5.73 Å². The lowest BCUT2D eigenvalue weighted by Gasteiger charge is -2.04. The summed E-state index contributed by atoms with van der Waals surface area (Å²) in [7, 11) is 0. The SMILES string of the molecule is Cc1ccc(-c2sc(CN)cc2C)cc1C. The Bertz CT molecular complexity index is 511. The van der Waals surface area contributed by atoms with Crippen LogP contribution in [0.15, 0.2) is 24.3 Å². The minimum Gasteiger partial charge on any atom is -0.326 e. The number of rotatable bonds is 2. The Hall–Kier alpha value is -1.12. The first-order chi connectivity index (χ1) is 7.61. The van der Waals surface area contributed by atoms with Gasteiger partial charge >= 0.3 is 0 Å². The molecule has 2 rings (SSSR count). The fourth-order valence-electron chi connectivity index (χ4n) is 1.82. The minimum atomic E-state index is 0.635. The van der Waals surface area contributed by atoms with Gasteiger partial charge in [0.25, 0.3) is 0 Å². The molecule has 0 aliphatic heterocycles. The van der Waals surface area contributed by atoms with E-state index in [-0.39, 0.29) is 0 Å². The average Bonchev–Trinajstić information content (AvgIpc) is 2.64. The van der Waals surface area contributed by atoms with E-state index in [0.717, 1.165) is 0 Å². The maximum atomic E-state index is 5.67. The van der Waals surface area contributed by atoms with Gasteiger partial charge in [-0.3, -0.25) is 0 Å². The molecule has 16 heavy (non-hydrogen) atoms. The summed E-state index contributed by atoms with van der Waals surface area (Å²) >= 11 is 1.80. The summed E-state index contributed by atoms with van der Waals surface area (Å²) in [5.74, 6) is 0. The molecule has 2 heteroatoms. The predicted octanol–water partition coefficient (Wildman–Crippen LogP) is 3.80. The van der Waals surface area contributed by atoms with E-state index in [1.807, 2.05) is 0 Å². The van der Waals surface area contributed by atoms with E-state index in [0.29, 0.717) is 6.54 Å². The van der Waals surface area contributed by atoms with Crippen LogP contribution < -0.4 is 5.73 Å². The quantitative estimate of drug-likeness (QED) is 0.836. The van der Waals surface area contributed by atoms with Crippen LogP contribution >= 0.6 is 11.3 Å². The highest BCUT2D eigenvalue weighted by atomic mass is 32.1. The molecule has 1 nitrogen and oxygen atoms in total. The molecule has 2 aromatic rings. The maximum Gasteiger partial charge on any atom is 0.0375 e. The first kappa shape index (κ1) is 11.4. The lowest BCUT2D eigenvalue weighted by Crippen LogP contribution is -1.91. The molecule has 0 unspecified atom stereocenters. The third-order valence-corrected chi connectivity index (χ3v) is 4.25. The second-order valence-corrected chi connectivity index (χ2v) is 5.36. The zero-order chi connectivity index (χ0) is 11.7. The highest BCUT2D eigenvalue weighted by Gasteiger charge is 2.07.